The van der Waals surface area contributed by atoms with Gasteiger partial charge in [-0.1, -0.05) is 42.5 Å². The van der Waals surface area contributed by atoms with Crippen molar-refractivity contribution in [3.05, 3.63) is 70.8 Å². The highest BCUT2D eigenvalue weighted by Crippen LogP contribution is 2.29. The molecule has 100 valence electrons. The summed E-state index contributed by atoms with van der Waals surface area (Å²) in [5.74, 6) is 0. The van der Waals surface area contributed by atoms with Crippen molar-refractivity contribution in [1.29, 1.82) is 0 Å². The largest absolute Gasteiger partial charge is 0.389 e. The van der Waals surface area contributed by atoms with Gasteiger partial charge >= 0.3 is 0 Å². The van der Waals surface area contributed by atoms with E-state index in [1.807, 2.05) is 30.3 Å². The Morgan fingerprint density at radius 3 is 2.21 bits per heavy atom. The molecular weight excluding hydrogens is 246 g/mol. The SMILES string of the molecule is C[C@H](O)c1ccc(Cc2ccccc2)cc1C(F)F. The van der Waals surface area contributed by atoms with Crippen LogP contribution in [0.3, 0.4) is 0 Å². The van der Waals surface area contributed by atoms with Crippen LogP contribution < -0.4 is 0 Å². The zero-order valence-electron chi connectivity index (χ0n) is 10.7. The van der Waals surface area contributed by atoms with E-state index in [1.54, 1.807) is 12.1 Å². The number of alkyl halides is 2. The van der Waals surface area contributed by atoms with Crippen LogP contribution in [0.4, 0.5) is 8.78 Å². The van der Waals surface area contributed by atoms with Crippen molar-refractivity contribution in [2.24, 2.45) is 0 Å². The highest BCUT2D eigenvalue weighted by Gasteiger charge is 2.16. The number of aliphatic hydroxyl groups excluding tert-OH is 1. The number of rotatable bonds is 4. The summed E-state index contributed by atoms with van der Waals surface area (Å²) >= 11 is 0. The van der Waals surface area contributed by atoms with Gasteiger partial charge in [0.05, 0.1) is 6.10 Å². The molecule has 2 rings (SSSR count). The lowest BCUT2D eigenvalue weighted by Gasteiger charge is -2.13. The molecule has 0 fully saturated rings. The molecule has 3 heteroatoms. The molecule has 0 unspecified atom stereocenters. The third-order valence-corrected chi connectivity index (χ3v) is 3.09. The summed E-state index contributed by atoms with van der Waals surface area (Å²) in [5, 5.41) is 9.50. The third kappa shape index (κ3) is 3.38. The Morgan fingerprint density at radius 1 is 0.947 bits per heavy atom. The minimum Gasteiger partial charge on any atom is -0.389 e. The average Bonchev–Trinajstić information content (AvgIpc) is 2.39. The van der Waals surface area contributed by atoms with Crippen molar-refractivity contribution < 1.29 is 13.9 Å². The van der Waals surface area contributed by atoms with E-state index in [-0.39, 0.29) is 5.56 Å². The van der Waals surface area contributed by atoms with Crippen molar-refractivity contribution >= 4 is 0 Å². The van der Waals surface area contributed by atoms with E-state index in [9.17, 15) is 13.9 Å². The summed E-state index contributed by atoms with van der Waals surface area (Å²) < 4.78 is 26.0. The smallest absolute Gasteiger partial charge is 0.264 e. The molecule has 0 bridgehead atoms. The standard InChI is InChI=1S/C16H16F2O/c1-11(19)14-8-7-13(10-15(14)16(17)18)9-12-5-3-2-4-6-12/h2-8,10-11,16,19H,9H2,1H3/t11-/m0/s1. The van der Waals surface area contributed by atoms with Crippen LogP contribution in [0, 0.1) is 0 Å². The van der Waals surface area contributed by atoms with Crippen molar-refractivity contribution in [3.63, 3.8) is 0 Å². The van der Waals surface area contributed by atoms with Gasteiger partial charge in [-0.3, -0.25) is 0 Å². The third-order valence-electron chi connectivity index (χ3n) is 3.09. The predicted octanol–water partition coefficient (Wildman–Crippen LogP) is 4.27. The number of aliphatic hydroxyl groups is 1. The van der Waals surface area contributed by atoms with Crippen LogP contribution in [0.1, 0.15) is 41.7 Å². The molecule has 1 N–H and O–H groups in total. The molecule has 0 aromatic heterocycles. The molecule has 1 atom stereocenters. The van der Waals surface area contributed by atoms with E-state index >= 15 is 0 Å². The van der Waals surface area contributed by atoms with Crippen molar-refractivity contribution in [3.8, 4) is 0 Å². The molecular formula is C16H16F2O. The van der Waals surface area contributed by atoms with Crippen LogP contribution >= 0.6 is 0 Å². The number of halogens is 2. The van der Waals surface area contributed by atoms with Crippen LogP contribution in [-0.4, -0.2) is 5.11 Å². The van der Waals surface area contributed by atoms with Crippen molar-refractivity contribution in [2.75, 3.05) is 0 Å². The summed E-state index contributed by atoms with van der Waals surface area (Å²) in [6, 6.07) is 14.6. The first-order valence-corrected chi connectivity index (χ1v) is 6.21. The van der Waals surface area contributed by atoms with Crippen molar-refractivity contribution in [2.45, 2.75) is 25.9 Å². The van der Waals surface area contributed by atoms with Gasteiger partial charge in [0.1, 0.15) is 0 Å². The maximum Gasteiger partial charge on any atom is 0.264 e. The monoisotopic (exact) mass is 262 g/mol. The van der Waals surface area contributed by atoms with E-state index in [2.05, 4.69) is 0 Å². The summed E-state index contributed by atoms with van der Waals surface area (Å²) in [6.45, 7) is 1.50. The lowest BCUT2D eigenvalue weighted by atomic mass is 9.97. The lowest BCUT2D eigenvalue weighted by Crippen LogP contribution is -2.01. The summed E-state index contributed by atoms with van der Waals surface area (Å²) in [7, 11) is 0. The molecule has 0 heterocycles. The van der Waals surface area contributed by atoms with E-state index in [1.165, 1.54) is 13.0 Å². The fourth-order valence-corrected chi connectivity index (χ4v) is 2.14. The first-order valence-electron chi connectivity index (χ1n) is 6.21. The summed E-state index contributed by atoms with van der Waals surface area (Å²) in [4.78, 5) is 0. The van der Waals surface area contributed by atoms with E-state index in [0.29, 0.717) is 12.0 Å². The fraction of sp³-hybridized carbons (Fsp3) is 0.250. The van der Waals surface area contributed by atoms with Gasteiger partial charge in [0.2, 0.25) is 0 Å². The molecule has 19 heavy (non-hydrogen) atoms. The van der Waals surface area contributed by atoms with Gasteiger partial charge in [-0.15, -0.1) is 0 Å². The van der Waals surface area contributed by atoms with Crippen LogP contribution in [0.5, 0.6) is 0 Å². The predicted molar refractivity (Wildman–Crippen MR) is 71.3 cm³/mol. The van der Waals surface area contributed by atoms with Gasteiger partial charge < -0.3 is 5.11 Å². The Labute approximate surface area is 111 Å². The summed E-state index contributed by atoms with van der Waals surface area (Å²) in [6.07, 6.45) is -2.84. The van der Waals surface area contributed by atoms with Gasteiger partial charge in [-0.25, -0.2) is 8.78 Å². The van der Waals surface area contributed by atoms with Crippen LogP contribution in [0.2, 0.25) is 0 Å². The van der Waals surface area contributed by atoms with E-state index < -0.39 is 12.5 Å². The molecule has 2 aromatic carbocycles. The average molecular weight is 262 g/mol. The highest BCUT2D eigenvalue weighted by atomic mass is 19.3. The Bertz CT molecular complexity index is 536. The van der Waals surface area contributed by atoms with Crippen LogP contribution in [-0.2, 0) is 6.42 Å². The van der Waals surface area contributed by atoms with Crippen molar-refractivity contribution in [1.82, 2.24) is 0 Å². The van der Waals surface area contributed by atoms with E-state index in [4.69, 9.17) is 0 Å². The first-order chi connectivity index (χ1) is 9.08. The Morgan fingerprint density at radius 2 is 1.63 bits per heavy atom. The molecule has 0 saturated heterocycles. The molecule has 1 nitrogen and oxygen atoms in total. The van der Waals surface area contributed by atoms with E-state index in [0.717, 1.165) is 11.1 Å². The normalized spacial score (nSPS) is 12.7. The molecule has 0 radical (unpaired) electrons. The lowest BCUT2D eigenvalue weighted by molar-refractivity contribution is 0.140. The van der Waals surface area contributed by atoms with Gasteiger partial charge in [0, 0.05) is 5.56 Å². The second kappa shape index (κ2) is 5.93. The zero-order valence-corrected chi connectivity index (χ0v) is 10.7. The second-order valence-electron chi connectivity index (χ2n) is 4.60. The molecule has 0 aliphatic rings. The molecule has 0 aliphatic carbocycles. The van der Waals surface area contributed by atoms with Gasteiger partial charge in [-0.2, -0.15) is 0 Å². The number of hydrogen-bond donors (Lipinski definition) is 1. The van der Waals surface area contributed by atoms with Crippen LogP contribution in [0.15, 0.2) is 48.5 Å². The maximum absolute atomic E-state index is 13.0. The molecule has 0 amide bonds. The number of hydrogen-bond acceptors (Lipinski definition) is 1. The summed E-state index contributed by atoms with van der Waals surface area (Å²) in [5.41, 5.74) is 2.12. The second-order valence-corrected chi connectivity index (χ2v) is 4.60. The van der Waals surface area contributed by atoms with Crippen LogP contribution in [0.25, 0.3) is 0 Å². The number of benzene rings is 2. The Balaban J connectivity index is 2.31. The quantitative estimate of drug-likeness (QED) is 0.872. The highest BCUT2D eigenvalue weighted by molar-refractivity contribution is 5.36. The van der Waals surface area contributed by atoms with Gasteiger partial charge in [0.15, 0.2) is 0 Å². The maximum atomic E-state index is 13.0. The molecule has 2 aromatic rings. The first kappa shape index (κ1) is 13.7. The molecule has 0 aliphatic heterocycles. The minimum atomic E-state index is -2.57. The Kier molecular flexibility index (Phi) is 4.27. The molecule has 0 saturated carbocycles. The zero-order chi connectivity index (χ0) is 13.8. The fourth-order valence-electron chi connectivity index (χ4n) is 2.14. The topological polar surface area (TPSA) is 20.2 Å². The van der Waals surface area contributed by atoms with Gasteiger partial charge in [0.25, 0.3) is 6.43 Å². The Hall–Kier alpha value is -1.74. The van der Waals surface area contributed by atoms with Gasteiger partial charge in [-0.05, 0) is 36.1 Å². The minimum absolute atomic E-state index is 0.0802. The molecule has 0 spiro atoms.